The molecule has 4 rings (SSSR count). The summed E-state index contributed by atoms with van der Waals surface area (Å²) in [4.78, 5) is 41.7. The summed E-state index contributed by atoms with van der Waals surface area (Å²) in [6.07, 6.45) is 0. The molecular weight excluding hydrogens is 440 g/mol. The number of fused-ring (bicyclic) bond motifs is 2. The Morgan fingerprint density at radius 1 is 0.914 bits per heavy atom. The summed E-state index contributed by atoms with van der Waals surface area (Å²) in [6.45, 7) is 5.83. The zero-order chi connectivity index (χ0) is 25.1. The van der Waals surface area contributed by atoms with Crippen molar-refractivity contribution < 1.29 is 14.4 Å². The second-order valence-electron chi connectivity index (χ2n) is 9.32. The molecule has 2 unspecified atom stereocenters. The van der Waals surface area contributed by atoms with Crippen LogP contribution >= 0.6 is 0 Å². The third-order valence-corrected chi connectivity index (χ3v) is 6.64. The maximum atomic E-state index is 13.8. The van der Waals surface area contributed by atoms with Crippen LogP contribution in [0.2, 0.25) is 0 Å². The second kappa shape index (κ2) is 10.3. The monoisotopic (exact) mass is 472 g/mol. The van der Waals surface area contributed by atoms with Crippen molar-refractivity contribution in [1.82, 2.24) is 15.5 Å². The molecule has 182 valence electrons. The molecule has 7 heteroatoms. The van der Waals surface area contributed by atoms with E-state index < -0.39 is 18.1 Å². The third-order valence-electron chi connectivity index (χ3n) is 6.64. The highest BCUT2D eigenvalue weighted by molar-refractivity contribution is 6.05. The van der Waals surface area contributed by atoms with E-state index in [0.717, 1.165) is 21.9 Å². The molecular formula is C28H32N4O3. The van der Waals surface area contributed by atoms with Gasteiger partial charge in [-0.05, 0) is 42.5 Å². The lowest BCUT2D eigenvalue weighted by Gasteiger charge is -2.31. The lowest BCUT2D eigenvalue weighted by molar-refractivity contribution is -0.143. The molecule has 0 bridgehead atoms. The van der Waals surface area contributed by atoms with Crippen molar-refractivity contribution in [1.29, 1.82) is 0 Å². The lowest BCUT2D eigenvalue weighted by Crippen LogP contribution is -2.55. The van der Waals surface area contributed by atoms with Crippen LogP contribution in [0.4, 0.5) is 5.69 Å². The molecule has 3 amide bonds. The average Bonchev–Trinajstić information content (AvgIpc) is 3.26. The fourth-order valence-electron chi connectivity index (χ4n) is 4.51. The summed E-state index contributed by atoms with van der Waals surface area (Å²) in [5.41, 5.74) is 2.42. The van der Waals surface area contributed by atoms with Crippen molar-refractivity contribution in [2.24, 2.45) is 5.92 Å². The Morgan fingerprint density at radius 2 is 1.60 bits per heavy atom. The van der Waals surface area contributed by atoms with Gasteiger partial charge in [-0.3, -0.25) is 14.4 Å². The summed E-state index contributed by atoms with van der Waals surface area (Å²) in [6, 6.07) is 19.2. The molecule has 3 atom stereocenters. The van der Waals surface area contributed by atoms with E-state index in [9.17, 15) is 14.4 Å². The quantitative estimate of drug-likeness (QED) is 0.490. The minimum absolute atomic E-state index is 0.152. The van der Waals surface area contributed by atoms with Gasteiger partial charge < -0.3 is 20.9 Å². The Bertz CT molecular complexity index is 1250. The minimum atomic E-state index is -0.794. The number of nitrogens with zero attached hydrogens (tertiary/aromatic N) is 1. The van der Waals surface area contributed by atoms with Gasteiger partial charge >= 0.3 is 0 Å². The first-order valence-corrected chi connectivity index (χ1v) is 12.0. The van der Waals surface area contributed by atoms with Crippen molar-refractivity contribution in [3.05, 3.63) is 77.9 Å². The molecule has 3 N–H and O–H groups in total. The molecule has 3 aromatic rings. The van der Waals surface area contributed by atoms with Gasteiger partial charge in [0.15, 0.2) is 0 Å². The van der Waals surface area contributed by atoms with Crippen molar-refractivity contribution >= 4 is 34.2 Å². The highest BCUT2D eigenvalue weighted by Gasteiger charge is 2.42. The molecule has 3 aromatic carbocycles. The smallest absolute Gasteiger partial charge is 0.251 e. The van der Waals surface area contributed by atoms with Gasteiger partial charge in [-0.25, -0.2) is 0 Å². The summed E-state index contributed by atoms with van der Waals surface area (Å²) in [7, 11) is 1.70. The Labute approximate surface area is 205 Å². The molecule has 0 aliphatic carbocycles. The standard InChI is InChI=1S/C28H32N4O3/c1-17(2)24(31-26(33)18(3)29-4)28(35)32-16-20-11-6-8-14-22(20)25(32)27(34)30-23-15-9-12-19-10-5-7-13-21(19)23/h5-15,17-18,24-25,29H,16H2,1-4H3,(H,30,34)(H,31,33)/t18?,24?,25-/m1/s1. The highest BCUT2D eigenvalue weighted by atomic mass is 16.2. The van der Waals surface area contributed by atoms with E-state index in [-0.39, 0.29) is 23.6 Å². The Balaban J connectivity index is 1.65. The van der Waals surface area contributed by atoms with Gasteiger partial charge in [0.1, 0.15) is 12.1 Å². The van der Waals surface area contributed by atoms with Crippen LogP contribution in [0.25, 0.3) is 10.8 Å². The van der Waals surface area contributed by atoms with Gasteiger partial charge in [0.2, 0.25) is 11.8 Å². The van der Waals surface area contributed by atoms with Crippen LogP contribution in [0.1, 0.15) is 37.9 Å². The molecule has 1 aliphatic rings. The van der Waals surface area contributed by atoms with Crippen molar-refractivity contribution in [2.75, 3.05) is 12.4 Å². The summed E-state index contributed by atoms with van der Waals surface area (Å²) >= 11 is 0. The minimum Gasteiger partial charge on any atom is -0.343 e. The van der Waals surface area contributed by atoms with Crippen LogP contribution in [0.3, 0.4) is 0 Å². The van der Waals surface area contributed by atoms with Crippen LogP contribution in [-0.2, 0) is 20.9 Å². The van der Waals surface area contributed by atoms with Gasteiger partial charge in [-0.1, -0.05) is 74.5 Å². The lowest BCUT2D eigenvalue weighted by atomic mass is 10.0. The molecule has 0 spiro atoms. The maximum absolute atomic E-state index is 13.8. The van der Waals surface area contributed by atoms with Crippen LogP contribution in [-0.4, -0.2) is 41.8 Å². The SMILES string of the molecule is CNC(C)C(=O)NC(C(=O)N1Cc2ccccc2[C@@H]1C(=O)Nc1cccc2ccccc12)C(C)C. The van der Waals surface area contributed by atoms with E-state index in [0.29, 0.717) is 12.2 Å². The van der Waals surface area contributed by atoms with Gasteiger partial charge in [-0.15, -0.1) is 0 Å². The fourth-order valence-corrected chi connectivity index (χ4v) is 4.51. The number of nitrogens with one attached hydrogen (secondary N) is 3. The number of hydrogen-bond donors (Lipinski definition) is 3. The normalized spacial score (nSPS) is 16.6. The highest BCUT2D eigenvalue weighted by Crippen LogP contribution is 2.36. The number of carbonyl (C=O) groups excluding carboxylic acids is 3. The average molecular weight is 473 g/mol. The topological polar surface area (TPSA) is 90.5 Å². The summed E-state index contributed by atoms with van der Waals surface area (Å²) in [5.74, 6) is -0.961. The number of benzene rings is 3. The summed E-state index contributed by atoms with van der Waals surface area (Å²) < 4.78 is 0. The molecule has 1 aliphatic heterocycles. The number of amides is 3. The van der Waals surface area contributed by atoms with Crippen molar-refractivity contribution in [2.45, 2.75) is 45.4 Å². The van der Waals surface area contributed by atoms with Crippen molar-refractivity contribution in [3.8, 4) is 0 Å². The molecule has 0 saturated carbocycles. The molecule has 7 nitrogen and oxygen atoms in total. The van der Waals surface area contributed by atoms with Gasteiger partial charge in [0.05, 0.1) is 6.04 Å². The zero-order valence-corrected chi connectivity index (χ0v) is 20.5. The third kappa shape index (κ3) is 4.91. The second-order valence-corrected chi connectivity index (χ2v) is 9.32. The molecule has 0 saturated heterocycles. The first-order chi connectivity index (χ1) is 16.8. The van der Waals surface area contributed by atoms with Gasteiger partial charge in [0, 0.05) is 17.6 Å². The van der Waals surface area contributed by atoms with E-state index >= 15 is 0 Å². The Morgan fingerprint density at radius 3 is 2.34 bits per heavy atom. The Kier molecular flexibility index (Phi) is 7.17. The van der Waals surface area contributed by atoms with Crippen LogP contribution < -0.4 is 16.0 Å². The van der Waals surface area contributed by atoms with Gasteiger partial charge in [0.25, 0.3) is 5.91 Å². The molecule has 0 radical (unpaired) electrons. The molecule has 1 heterocycles. The predicted octanol–water partition coefficient (Wildman–Crippen LogP) is 3.61. The largest absolute Gasteiger partial charge is 0.343 e. The van der Waals surface area contributed by atoms with Crippen LogP contribution in [0, 0.1) is 5.92 Å². The first-order valence-electron chi connectivity index (χ1n) is 12.0. The van der Waals surface area contributed by atoms with E-state index in [1.54, 1.807) is 18.9 Å². The molecule has 0 fully saturated rings. The van der Waals surface area contributed by atoms with E-state index in [1.165, 1.54) is 0 Å². The summed E-state index contributed by atoms with van der Waals surface area (Å²) in [5, 5.41) is 10.8. The zero-order valence-electron chi connectivity index (χ0n) is 20.5. The predicted molar refractivity (Wildman–Crippen MR) is 138 cm³/mol. The maximum Gasteiger partial charge on any atom is 0.251 e. The number of carbonyl (C=O) groups is 3. The van der Waals surface area contributed by atoms with Crippen LogP contribution in [0.15, 0.2) is 66.7 Å². The first kappa shape index (κ1) is 24.4. The van der Waals surface area contributed by atoms with E-state index in [2.05, 4.69) is 16.0 Å². The number of hydrogen-bond acceptors (Lipinski definition) is 4. The fraction of sp³-hybridized carbons (Fsp3) is 0.321. The van der Waals surface area contributed by atoms with Gasteiger partial charge in [-0.2, -0.15) is 0 Å². The molecule has 0 aromatic heterocycles. The van der Waals surface area contributed by atoms with Crippen LogP contribution in [0.5, 0.6) is 0 Å². The Hall–Kier alpha value is -3.71. The number of rotatable bonds is 7. The van der Waals surface area contributed by atoms with Crippen molar-refractivity contribution in [3.63, 3.8) is 0 Å². The van der Waals surface area contributed by atoms with E-state index in [4.69, 9.17) is 0 Å². The number of likely N-dealkylation sites (N-methyl/N-ethyl adjacent to an activating group) is 1. The number of anilines is 1. The molecule has 35 heavy (non-hydrogen) atoms. The van der Waals surface area contributed by atoms with E-state index in [1.807, 2.05) is 80.6 Å².